The molecule has 0 bridgehead atoms. The number of nitrogens with zero attached hydrogens (tertiary/aromatic N) is 5. The average Bonchev–Trinajstić information content (AvgIpc) is 2.76. The normalized spacial score (nSPS) is 15.3. The van der Waals surface area contributed by atoms with Crippen molar-refractivity contribution < 1.29 is 14.7 Å². The van der Waals surface area contributed by atoms with Crippen LogP contribution in [0.4, 0.5) is 11.8 Å². The fourth-order valence-corrected chi connectivity index (χ4v) is 1.99. The number of anilines is 2. The lowest BCUT2D eigenvalue weighted by atomic mass is 10.3. The zero-order valence-corrected chi connectivity index (χ0v) is 10.3. The van der Waals surface area contributed by atoms with Gasteiger partial charge in [0.05, 0.1) is 31.5 Å². The zero-order valence-electron chi connectivity index (χ0n) is 10.3. The first-order chi connectivity index (χ1) is 9.58. The van der Waals surface area contributed by atoms with E-state index in [4.69, 9.17) is 10.8 Å². The van der Waals surface area contributed by atoms with Gasteiger partial charge in [0.25, 0.3) is 0 Å². The molecule has 0 aromatic carbocycles. The van der Waals surface area contributed by atoms with Gasteiger partial charge in [0.1, 0.15) is 0 Å². The van der Waals surface area contributed by atoms with Gasteiger partial charge in [-0.15, -0.1) is 0 Å². The van der Waals surface area contributed by atoms with Crippen LogP contribution in [0.1, 0.15) is 12.1 Å². The van der Waals surface area contributed by atoms with Crippen LogP contribution in [-0.4, -0.2) is 43.3 Å². The first kappa shape index (κ1) is 12.4. The Morgan fingerprint density at radius 3 is 2.75 bits per heavy atom. The van der Waals surface area contributed by atoms with Crippen molar-refractivity contribution in [2.75, 3.05) is 17.2 Å². The molecule has 0 saturated carbocycles. The van der Waals surface area contributed by atoms with E-state index in [1.165, 1.54) is 11.1 Å². The van der Waals surface area contributed by atoms with E-state index in [1.54, 1.807) is 0 Å². The number of carbonyl (C=O) groups excluding carboxylic acids is 2. The van der Waals surface area contributed by atoms with E-state index in [0.29, 0.717) is 5.69 Å². The van der Waals surface area contributed by atoms with Crippen LogP contribution >= 0.6 is 0 Å². The van der Waals surface area contributed by atoms with Crippen molar-refractivity contribution in [3.8, 4) is 0 Å². The number of amides is 1. The molecule has 1 fully saturated rings. The number of ketones is 1. The highest BCUT2D eigenvalue weighted by atomic mass is 16.3. The van der Waals surface area contributed by atoms with Crippen molar-refractivity contribution in [1.29, 1.82) is 0 Å². The quantitative estimate of drug-likeness (QED) is 0.652. The molecule has 3 heterocycles. The molecular formula is C11H10N6O3. The number of carbonyl (C=O) groups is 2. The number of hydrogen-bond acceptors (Lipinski definition) is 8. The fourth-order valence-electron chi connectivity index (χ4n) is 1.99. The van der Waals surface area contributed by atoms with E-state index in [2.05, 4.69) is 19.9 Å². The summed E-state index contributed by atoms with van der Waals surface area (Å²) in [7, 11) is 0. The van der Waals surface area contributed by atoms with Gasteiger partial charge in [-0.1, -0.05) is 0 Å². The topological polar surface area (TPSA) is 135 Å². The van der Waals surface area contributed by atoms with Crippen LogP contribution < -0.4 is 10.6 Å². The Kier molecular flexibility index (Phi) is 2.75. The molecule has 3 rings (SSSR count). The summed E-state index contributed by atoms with van der Waals surface area (Å²) in [4.78, 5) is 40.4. The van der Waals surface area contributed by atoms with Crippen molar-refractivity contribution in [3.63, 3.8) is 0 Å². The van der Waals surface area contributed by atoms with Crippen molar-refractivity contribution in [1.82, 2.24) is 19.9 Å². The summed E-state index contributed by atoms with van der Waals surface area (Å²) in [6, 6.07) is 0. The Balaban J connectivity index is 2.22. The first-order valence-corrected chi connectivity index (χ1v) is 5.80. The highest BCUT2D eigenvalue weighted by molar-refractivity contribution is 6.16. The van der Waals surface area contributed by atoms with E-state index in [-0.39, 0.29) is 54.2 Å². The molecule has 1 amide bonds. The van der Waals surface area contributed by atoms with Crippen LogP contribution in [0.2, 0.25) is 0 Å². The molecule has 0 aliphatic carbocycles. The molecule has 0 unspecified atom stereocenters. The van der Waals surface area contributed by atoms with E-state index in [1.807, 2.05) is 0 Å². The second kappa shape index (κ2) is 4.46. The highest BCUT2D eigenvalue weighted by Crippen LogP contribution is 2.25. The zero-order chi connectivity index (χ0) is 14.3. The van der Waals surface area contributed by atoms with E-state index < -0.39 is 0 Å². The average molecular weight is 274 g/mol. The smallest absolute Gasteiger partial charge is 0.236 e. The molecule has 0 radical (unpaired) electrons. The van der Waals surface area contributed by atoms with Crippen LogP contribution in [0.3, 0.4) is 0 Å². The van der Waals surface area contributed by atoms with Crippen LogP contribution in [-0.2, 0) is 16.2 Å². The monoisotopic (exact) mass is 274 g/mol. The molecule has 9 nitrogen and oxygen atoms in total. The number of hydrogen-bond donors (Lipinski definition) is 2. The maximum atomic E-state index is 11.8. The standard InChI is InChI=1S/C11H10N6O3/c12-11-15-9-8(14-5(4-18)2-13-9)10(16-11)17-3-6(19)1-7(17)20/h2,18H,1,3-4H2,(H2,12,13,15,16). The van der Waals surface area contributed by atoms with Gasteiger partial charge >= 0.3 is 0 Å². The minimum Gasteiger partial charge on any atom is -0.390 e. The van der Waals surface area contributed by atoms with Gasteiger partial charge in [-0.3, -0.25) is 14.5 Å². The highest BCUT2D eigenvalue weighted by Gasteiger charge is 2.31. The van der Waals surface area contributed by atoms with Gasteiger partial charge in [0.15, 0.2) is 22.8 Å². The largest absolute Gasteiger partial charge is 0.390 e. The third-order valence-corrected chi connectivity index (χ3v) is 2.86. The van der Waals surface area contributed by atoms with Crippen molar-refractivity contribution in [2.24, 2.45) is 0 Å². The summed E-state index contributed by atoms with van der Waals surface area (Å²) in [6.45, 7) is -0.380. The molecule has 1 aliphatic heterocycles. The number of aliphatic hydroxyl groups excluding tert-OH is 1. The van der Waals surface area contributed by atoms with Crippen LogP contribution in [0.15, 0.2) is 6.20 Å². The predicted octanol–water partition coefficient (Wildman–Crippen LogP) is -1.20. The summed E-state index contributed by atoms with van der Waals surface area (Å²) in [5, 5.41) is 9.10. The molecule has 1 aliphatic rings. The van der Waals surface area contributed by atoms with E-state index in [0.717, 1.165) is 0 Å². The second-order valence-corrected chi connectivity index (χ2v) is 4.29. The van der Waals surface area contributed by atoms with E-state index >= 15 is 0 Å². The van der Waals surface area contributed by atoms with Gasteiger partial charge in [-0.05, 0) is 0 Å². The Hall–Kier alpha value is -2.68. The molecule has 3 N–H and O–H groups in total. The lowest BCUT2D eigenvalue weighted by Gasteiger charge is -2.15. The van der Waals surface area contributed by atoms with Gasteiger partial charge in [0.2, 0.25) is 11.9 Å². The van der Waals surface area contributed by atoms with Gasteiger partial charge in [0, 0.05) is 0 Å². The maximum absolute atomic E-state index is 11.8. The molecule has 2 aromatic heterocycles. The Morgan fingerprint density at radius 2 is 2.10 bits per heavy atom. The lowest BCUT2D eigenvalue weighted by Crippen LogP contribution is -2.26. The minimum absolute atomic E-state index is 0.0642. The Morgan fingerprint density at radius 1 is 1.30 bits per heavy atom. The SMILES string of the molecule is Nc1nc(N2CC(=O)CC2=O)c2nc(CO)cnc2n1. The Labute approximate surface area is 112 Å². The number of aliphatic hydroxyl groups is 1. The van der Waals surface area contributed by atoms with Gasteiger partial charge < -0.3 is 10.8 Å². The number of aromatic nitrogens is 4. The third kappa shape index (κ3) is 1.93. The molecule has 102 valence electrons. The second-order valence-electron chi connectivity index (χ2n) is 4.29. The predicted molar refractivity (Wildman–Crippen MR) is 67.4 cm³/mol. The molecule has 20 heavy (non-hydrogen) atoms. The van der Waals surface area contributed by atoms with Crippen molar-refractivity contribution in [3.05, 3.63) is 11.9 Å². The maximum Gasteiger partial charge on any atom is 0.236 e. The number of rotatable bonds is 2. The summed E-state index contributed by atoms with van der Waals surface area (Å²) in [5.41, 5.74) is 6.33. The summed E-state index contributed by atoms with van der Waals surface area (Å²) >= 11 is 0. The van der Waals surface area contributed by atoms with Crippen LogP contribution in [0, 0.1) is 0 Å². The molecule has 1 saturated heterocycles. The number of nitrogens with two attached hydrogens (primary N) is 1. The number of nitrogen functional groups attached to an aromatic ring is 1. The Bertz CT molecular complexity index is 731. The van der Waals surface area contributed by atoms with Gasteiger partial charge in [-0.25, -0.2) is 9.97 Å². The van der Waals surface area contributed by atoms with Gasteiger partial charge in [-0.2, -0.15) is 9.97 Å². The van der Waals surface area contributed by atoms with Crippen LogP contribution in [0.25, 0.3) is 11.2 Å². The lowest BCUT2D eigenvalue weighted by molar-refractivity contribution is -0.121. The molecule has 0 spiro atoms. The minimum atomic E-state index is -0.370. The molecule has 9 heteroatoms. The summed E-state index contributed by atoms with van der Waals surface area (Å²) in [6.07, 6.45) is 1.19. The first-order valence-electron chi connectivity index (χ1n) is 5.80. The molecular weight excluding hydrogens is 264 g/mol. The van der Waals surface area contributed by atoms with Crippen molar-refractivity contribution >= 4 is 34.6 Å². The van der Waals surface area contributed by atoms with Crippen molar-refractivity contribution in [2.45, 2.75) is 13.0 Å². The summed E-state index contributed by atoms with van der Waals surface area (Å²) < 4.78 is 0. The third-order valence-electron chi connectivity index (χ3n) is 2.86. The molecule has 0 atom stereocenters. The summed E-state index contributed by atoms with van der Waals surface area (Å²) in [5.74, 6) is -0.492. The van der Waals surface area contributed by atoms with Crippen LogP contribution in [0.5, 0.6) is 0 Å². The number of fused-ring (bicyclic) bond motifs is 1. The fraction of sp³-hybridized carbons (Fsp3) is 0.273. The molecule has 2 aromatic rings. The number of Topliss-reactive ketones (excluding diaryl/α,β-unsaturated/α-hetero) is 1. The van der Waals surface area contributed by atoms with E-state index in [9.17, 15) is 9.59 Å².